The van der Waals surface area contributed by atoms with Crippen molar-refractivity contribution in [3.8, 4) is 11.5 Å². The Labute approximate surface area is 209 Å². The molecule has 11 heteroatoms. The van der Waals surface area contributed by atoms with Crippen LogP contribution in [-0.2, 0) is 27.2 Å². The Balaban J connectivity index is 1.48. The molecule has 10 nitrogen and oxygen atoms in total. The minimum atomic E-state index is -0.961. The molecule has 3 rings (SSSR count). The third kappa shape index (κ3) is 6.84. The fourth-order valence-corrected chi connectivity index (χ4v) is 3.95. The summed E-state index contributed by atoms with van der Waals surface area (Å²) in [7, 11) is 0. The molecule has 0 saturated carbocycles. The number of carbonyl (C=O) groups excluding carboxylic acids is 3. The van der Waals surface area contributed by atoms with E-state index in [2.05, 4.69) is 15.6 Å². The van der Waals surface area contributed by atoms with Crippen molar-refractivity contribution in [2.24, 2.45) is 11.5 Å². The Morgan fingerprint density at radius 3 is 2.65 bits per heavy atom. The van der Waals surface area contributed by atoms with Gasteiger partial charge in [0.05, 0.1) is 10.1 Å². The lowest BCUT2D eigenvalue weighted by Gasteiger charge is -2.16. The first kappa shape index (κ1) is 25.3. The second-order valence-electron chi connectivity index (χ2n) is 7.64. The van der Waals surface area contributed by atoms with Crippen LogP contribution in [-0.4, -0.2) is 53.6 Å². The minimum Gasteiger partial charge on any atom is -0.507 e. The Bertz CT molecular complexity index is 1200. The first-order valence-corrected chi connectivity index (χ1v) is 11.6. The van der Waals surface area contributed by atoms with Crippen molar-refractivity contribution in [1.82, 2.24) is 15.6 Å². The topological polar surface area (TPSA) is 173 Å². The molecule has 8 N–H and O–H groups in total. The van der Waals surface area contributed by atoms with Gasteiger partial charge in [-0.25, -0.2) is 0 Å². The maximum absolute atomic E-state index is 12.2. The summed E-state index contributed by atoms with van der Waals surface area (Å²) in [4.78, 5) is 39.3. The zero-order chi connectivity index (χ0) is 24.7. The molecule has 0 unspecified atom stereocenters. The monoisotopic (exact) mass is 577 g/mol. The maximum Gasteiger partial charge on any atom is 0.258 e. The van der Waals surface area contributed by atoms with Gasteiger partial charge in [0, 0.05) is 23.5 Å². The fraction of sp³-hybridized carbons (Fsp3) is 0.261. The Morgan fingerprint density at radius 1 is 1.15 bits per heavy atom. The molecule has 0 bridgehead atoms. The number of amides is 3. The van der Waals surface area contributed by atoms with E-state index in [1.807, 2.05) is 40.9 Å². The second-order valence-corrected chi connectivity index (χ2v) is 8.80. The molecule has 0 aliphatic rings. The van der Waals surface area contributed by atoms with Crippen molar-refractivity contribution in [1.29, 1.82) is 0 Å². The van der Waals surface area contributed by atoms with E-state index < -0.39 is 23.8 Å². The summed E-state index contributed by atoms with van der Waals surface area (Å²) in [5.41, 5.74) is 13.8. The van der Waals surface area contributed by atoms with Crippen molar-refractivity contribution in [3.05, 3.63) is 57.3 Å². The van der Waals surface area contributed by atoms with Gasteiger partial charge in [0.1, 0.15) is 17.5 Å². The zero-order valence-corrected chi connectivity index (χ0v) is 20.4. The van der Waals surface area contributed by atoms with Crippen molar-refractivity contribution < 1.29 is 24.2 Å². The van der Waals surface area contributed by atoms with E-state index in [0.29, 0.717) is 15.9 Å². The first-order chi connectivity index (χ1) is 16.3. The second kappa shape index (κ2) is 11.7. The van der Waals surface area contributed by atoms with Crippen LogP contribution in [0.1, 0.15) is 11.1 Å². The SMILES string of the molecule is NCCc1c[nH]c2ccc(OCC(=O)NCC(=O)N[C@@H](Cc3ccc(O)c([125I])c3)C(N)=O)cc12. The number of phenolic OH excluding ortho intramolecular Hbond substituents is 1. The van der Waals surface area contributed by atoms with E-state index >= 15 is 0 Å². The molecule has 0 aliphatic heterocycles. The molecule has 0 spiro atoms. The van der Waals surface area contributed by atoms with E-state index in [9.17, 15) is 19.5 Å². The predicted octanol–water partition coefficient (Wildman–Crippen LogP) is 0.687. The number of aromatic amines is 1. The summed E-state index contributed by atoms with van der Waals surface area (Å²) >= 11 is 1.96. The number of hydrogen-bond donors (Lipinski definition) is 6. The van der Waals surface area contributed by atoms with Gasteiger partial charge in [-0.15, -0.1) is 0 Å². The number of phenols is 1. The average molecular weight is 577 g/mol. The van der Waals surface area contributed by atoms with Gasteiger partial charge in [0.2, 0.25) is 11.8 Å². The van der Waals surface area contributed by atoms with Crippen molar-refractivity contribution in [3.63, 3.8) is 0 Å². The van der Waals surface area contributed by atoms with Crippen molar-refractivity contribution >= 4 is 51.2 Å². The van der Waals surface area contributed by atoms with Crippen molar-refractivity contribution in [2.45, 2.75) is 18.9 Å². The van der Waals surface area contributed by atoms with E-state index in [1.165, 1.54) is 6.07 Å². The van der Waals surface area contributed by atoms with Gasteiger partial charge < -0.3 is 36.9 Å². The number of ether oxygens (including phenoxy) is 1. The van der Waals surface area contributed by atoms with E-state index in [0.717, 1.165) is 28.5 Å². The van der Waals surface area contributed by atoms with Crippen LogP contribution in [0.2, 0.25) is 0 Å². The molecule has 0 radical (unpaired) electrons. The van der Waals surface area contributed by atoms with Crippen LogP contribution in [0.4, 0.5) is 0 Å². The maximum atomic E-state index is 12.2. The Morgan fingerprint density at radius 2 is 1.94 bits per heavy atom. The Kier molecular flexibility index (Phi) is 8.71. The predicted molar refractivity (Wildman–Crippen MR) is 135 cm³/mol. The summed E-state index contributed by atoms with van der Waals surface area (Å²) in [6.07, 6.45) is 2.77. The molecule has 1 atom stereocenters. The van der Waals surface area contributed by atoms with Crippen LogP contribution in [0.3, 0.4) is 0 Å². The molecule has 2 aromatic carbocycles. The largest absolute Gasteiger partial charge is 0.507 e. The number of aromatic nitrogens is 1. The highest BCUT2D eigenvalue weighted by Gasteiger charge is 2.19. The summed E-state index contributed by atoms with van der Waals surface area (Å²) < 4.78 is 6.16. The van der Waals surface area contributed by atoms with Crippen LogP contribution in [0.5, 0.6) is 11.5 Å². The third-order valence-corrected chi connectivity index (χ3v) is 5.96. The number of nitrogens with two attached hydrogens (primary N) is 2. The average Bonchev–Trinajstić information content (AvgIpc) is 3.20. The summed E-state index contributed by atoms with van der Waals surface area (Å²) in [6.45, 7) is -0.0927. The number of aromatic hydroxyl groups is 1. The fourth-order valence-electron chi connectivity index (χ4n) is 3.37. The van der Waals surface area contributed by atoms with Crippen LogP contribution in [0.25, 0.3) is 10.9 Å². The van der Waals surface area contributed by atoms with Crippen molar-refractivity contribution in [2.75, 3.05) is 19.7 Å². The minimum absolute atomic E-state index is 0.123. The number of H-pyrrole nitrogens is 1. The van der Waals surface area contributed by atoms with Crippen LogP contribution >= 0.6 is 22.6 Å². The van der Waals surface area contributed by atoms with Crippen LogP contribution in [0, 0.1) is 3.57 Å². The number of nitrogens with one attached hydrogen (secondary N) is 3. The molecular weight excluding hydrogens is 551 g/mol. The van der Waals surface area contributed by atoms with E-state index in [1.54, 1.807) is 18.2 Å². The smallest absolute Gasteiger partial charge is 0.258 e. The van der Waals surface area contributed by atoms with Gasteiger partial charge in [-0.2, -0.15) is 0 Å². The third-order valence-electron chi connectivity index (χ3n) is 5.10. The van der Waals surface area contributed by atoms with E-state index in [4.69, 9.17) is 16.2 Å². The number of rotatable bonds is 11. The molecule has 3 amide bonds. The molecule has 0 aliphatic carbocycles. The molecule has 34 heavy (non-hydrogen) atoms. The normalized spacial score (nSPS) is 11.7. The summed E-state index contributed by atoms with van der Waals surface area (Å²) in [6, 6.07) is 9.31. The summed E-state index contributed by atoms with van der Waals surface area (Å²) in [5, 5.41) is 15.6. The van der Waals surface area contributed by atoms with Gasteiger partial charge in [-0.05, 0) is 77.0 Å². The molecule has 1 heterocycles. The zero-order valence-electron chi connectivity index (χ0n) is 18.3. The Hall–Kier alpha value is -3.32. The van der Waals surface area contributed by atoms with Gasteiger partial charge in [-0.1, -0.05) is 6.07 Å². The van der Waals surface area contributed by atoms with Crippen LogP contribution in [0.15, 0.2) is 42.6 Å². The lowest BCUT2D eigenvalue weighted by molar-refractivity contribution is -0.129. The van der Waals surface area contributed by atoms with Crippen LogP contribution < -0.4 is 26.8 Å². The van der Waals surface area contributed by atoms with E-state index in [-0.39, 0.29) is 25.3 Å². The molecule has 3 aromatic rings. The quantitative estimate of drug-likeness (QED) is 0.183. The lowest BCUT2D eigenvalue weighted by atomic mass is 10.1. The van der Waals surface area contributed by atoms with Gasteiger partial charge >= 0.3 is 0 Å². The number of benzene rings is 2. The number of hydrogen-bond acceptors (Lipinski definition) is 6. The first-order valence-electron chi connectivity index (χ1n) is 10.5. The highest BCUT2D eigenvalue weighted by atomic mass is 125. The number of halogens is 1. The highest BCUT2D eigenvalue weighted by Crippen LogP contribution is 2.24. The molecule has 0 fully saturated rings. The molecular formula is C23H26IN5O5. The highest BCUT2D eigenvalue weighted by molar-refractivity contribution is 14.1. The van der Waals surface area contributed by atoms with Gasteiger partial charge in [-0.3, -0.25) is 14.4 Å². The lowest BCUT2D eigenvalue weighted by Crippen LogP contribution is -2.49. The van der Waals surface area contributed by atoms with Gasteiger partial charge in [0.15, 0.2) is 6.61 Å². The number of primary amides is 1. The summed E-state index contributed by atoms with van der Waals surface area (Å²) in [5.74, 6) is -1.12. The molecule has 180 valence electrons. The number of fused-ring (bicyclic) bond motifs is 1. The number of carbonyl (C=O) groups is 3. The molecule has 1 aromatic heterocycles. The van der Waals surface area contributed by atoms with Gasteiger partial charge in [0.25, 0.3) is 5.91 Å². The standard InChI is InChI=1S/C23H26IN5O5/c24-17-7-13(1-4-20(17)30)8-19(23(26)33)29-21(31)11-28-22(32)12-34-15-2-3-18-16(9-15)14(5-6-25)10-27-18/h1-4,7,9-10,19,27,30H,5-6,8,11-12,25H2,(H2,26,33)(H,28,32)(H,29,31)/t19-/m0/s1/i24-2. The molecule has 0 saturated heterocycles.